The third kappa shape index (κ3) is 4.27. The van der Waals surface area contributed by atoms with Gasteiger partial charge < -0.3 is 4.90 Å². The molecule has 2 N–H and O–H groups in total. The first-order chi connectivity index (χ1) is 12.5. The minimum Gasteiger partial charge on any atom is -0.378 e. The smallest absolute Gasteiger partial charge is 0.240 e. The van der Waals surface area contributed by atoms with Crippen molar-refractivity contribution >= 4 is 29.2 Å². The Hall–Kier alpha value is -3.15. The summed E-state index contributed by atoms with van der Waals surface area (Å²) in [6.07, 6.45) is 2.26. The van der Waals surface area contributed by atoms with Gasteiger partial charge in [-0.25, -0.2) is 5.43 Å². The van der Waals surface area contributed by atoms with Crippen molar-refractivity contribution in [1.82, 2.24) is 5.43 Å². The molecule has 0 saturated heterocycles. The van der Waals surface area contributed by atoms with E-state index >= 15 is 0 Å². The van der Waals surface area contributed by atoms with Crippen LogP contribution in [0.5, 0.6) is 0 Å². The van der Waals surface area contributed by atoms with E-state index in [1.165, 1.54) is 0 Å². The highest BCUT2D eigenvalue weighted by Crippen LogP contribution is 2.18. The first kappa shape index (κ1) is 17.7. The van der Waals surface area contributed by atoms with Crippen molar-refractivity contribution in [3.8, 4) is 0 Å². The van der Waals surface area contributed by atoms with Crippen molar-refractivity contribution < 1.29 is 4.79 Å². The summed E-state index contributed by atoms with van der Waals surface area (Å²) in [6.45, 7) is 2.01. The number of anilines is 2. The van der Waals surface area contributed by atoms with Crippen LogP contribution in [0.2, 0.25) is 0 Å². The Morgan fingerprint density at radius 2 is 1.85 bits per heavy atom. The zero-order chi connectivity index (χ0) is 18.5. The zero-order valence-corrected chi connectivity index (χ0v) is 15.2. The van der Waals surface area contributed by atoms with Gasteiger partial charge in [-0.3, -0.25) is 10.2 Å². The number of hydrogen-bond acceptors (Lipinski definition) is 5. The number of carbonyl (C=O) groups is 1. The molecule has 0 fully saturated rings. The van der Waals surface area contributed by atoms with Gasteiger partial charge in [0.2, 0.25) is 5.91 Å². The average molecular weight is 349 g/mol. The van der Waals surface area contributed by atoms with Crippen LogP contribution in [0.1, 0.15) is 24.5 Å². The van der Waals surface area contributed by atoms with Crippen molar-refractivity contribution in [3.63, 3.8) is 0 Å². The molecule has 0 spiro atoms. The number of hydrazone groups is 2. The van der Waals surface area contributed by atoms with Crippen LogP contribution in [0.4, 0.5) is 11.4 Å². The van der Waals surface area contributed by atoms with Crippen LogP contribution < -0.4 is 15.8 Å². The van der Waals surface area contributed by atoms with Gasteiger partial charge in [-0.1, -0.05) is 31.2 Å². The second kappa shape index (κ2) is 7.82. The van der Waals surface area contributed by atoms with Crippen molar-refractivity contribution in [1.29, 1.82) is 0 Å². The molecular formula is C20H23N5O. The van der Waals surface area contributed by atoms with Crippen molar-refractivity contribution in [2.24, 2.45) is 16.1 Å². The lowest BCUT2D eigenvalue weighted by molar-refractivity contribution is -0.121. The normalized spacial score (nSPS) is 17.0. The molecule has 26 heavy (non-hydrogen) atoms. The topological polar surface area (TPSA) is 69.1 Å². The Bertz CT molecular complexity index is 822. The molecule has 1 aliphatic heterocycles. The second-order valence-electron chi connectivity index (χ2n) is 6.57. The highest BCUT2D eigenvalue weighted by molar-refractivity contribution is 6.05. The van der Waals surface area contributed by atoms with Crippen LogP contribution in [0, 0.1) is 5.92 Å². The van der Waals surface area contributed by atoms with Crippen LogP contribution in [0.3, 0.4) is 0 Å². The lowest BCUT2D eigenvalue weighted by Crippen LogP contribution is -2.31. The summed E-state index contributed by atoms with van der Waals surface area (Å²) < 4.78 is 0. The summed E-state index contributed by atoms with van der Waals surface area (Å²) in [7, 11) is 4.03. The molecule has 1 aliphatic rings. The molecule has 0 saturated carbocycles. The Labute approximate surface area is 153 Å². The first-order valence-electron chi connectivity index (χ1n) is 8.56. The average Bonchev–Trinajstić information content (AvgIpc) is 2.63. The van der Waals surface area contributed by atoms with Crippen LogP contribution in [0.25, 0.3) is 0 Å². The monoisotopic (exact) mass is 349 g/mol. The molecule has 1 unspecified atom stereocenters. The van der Waals surface area contributed by atoms with Gasteiger partial charge in [-0.05, 0) is 35.4 Å². The van der Waals surface area contributed by atoms with E-state index in [9.17, 15) is 4.79 Å². The maximum atomic E-state index is 11.3. The molecule has 2 aromatic rings. The third-order valence-corrected chi connectivity index (χ3v) is 4.26. The molecule has 6 nitrogen and oxygen atoms in total. The largest absolute Gasteiger partial charge is 0.378 e. The van der Waals surface area contributed by atoms with Crippen LogP contribution >= 0.6 is 0 Å². The van der Waals surface area contributed by atoms with Crippen molar-refractivity contribution in [2.45, 2.75) is 13.3 Å². The fourth-order valence-corrected chi connectivity index (χ4v) is 2.76. The summed E-state index contributed by atoms with van der Waals surface area (Å²) in [4.78, 5) is 13.4. The standard InChI is InChI=1S/C20H23N5O/c1-14-12-19(26)23-24-20(14)16-6-8-17(9-7-16)22-21-13-15-4-10-18(11-5-15)25(2)3/h4-11,13-14,22H,12H2,1-3H3,(H,23,26). The number of amides is 1. The van der Waals surface area contributed by atoms with E-state index in [0.717, 1.165) is 28.2 Å². The molecule has 1 atom stereocenters. The summed E-state index contributed by atoms with van der Waals surface area (Å²) >= 11 is 0. The zero-order valence-electron chi connectivity index (χ0n) is 15.2. The van der Waals surface area contributed by atoms with E-state index in [4.69, 9.17) is 0 Å². The summed E-state index contributed by atoms with van der Waals surface area (Å²) in [5.41, 5.74) is 10.6. The Kier molecular flexibility index (Phi) is 5.31. The molecule has 134 valence electrons. The number of carbonyl (C=O) groups excluding carboxylic acids is 1. The third-order valence-electron chi connectivity index (χ3n) is 4.26. The minimum atomic E-state index is -0.0347. The minimum absolute atomic E-state index is 0.0347. The van der Waals surface area contributed by atoms with E-state index in [2.05, 4.69) is 38.1 Å². The number of hydrogen-bond donors (Lipinski definition) is 2. The van der Waals surface area contributed by atoms with E-state index in [-0.39, 0.29) is 11.8 Å². The van der Waals surface area contributed by atoms with Gasteiger partial charge in [0.1, 0.15) is 0 Å². The van der Waals surface area contributed by atoms with Crippen LogP contribution in [-0.2, 0) is 4.79 Å². The molecule has 2 aromatic carbocycles. The SMILES string of the molecule is CC1CC(=O)NN=C1c1ccc(NN=Cc2ccc(N(C)C)cc2)cc1. The van der Waals surface area contributed by atoms with Gasteiger partial charge in [-0.15, -0.1) is 0 Å². The molecule has 1 amide bonds. The number of rotatable bonds is 5. The number of nitrogens with zero attached hydrogens (tertiary/aromatic N) is 3. The van der Waals surface area contributed by atoms with Gasteiger partial charge in [-0.2, -0.15) is 10.2 Å². The van der Waals surface area contributed by atoms with Crippen molar-refractivity contribution in [3.05, 3.63) is 59.7 Å². The molecular weight excluding hydrogens is 326 g/mol. The fourth-order valence-electron chi connectivity index (χ4n) is 2.76. The van der Waals surface area contributed by atoms with Gasteiger partial charge in [0.25, 0.3) is 0 Å². The lowest BCUT2D eigenvalue weighted by Gasteiger charge is -2.19. The predicted octanol–water partition coefficient (Wildman–Crippen LogP) is 3.06. The van der Waals surface area contributed by atoms with Crippen LogP contribution in [-0.4, -0.2) is 31.9 Å². The van der Waals surface area contributed by atoms with E-state index < -0.39 is 0 Å². The summed E-state index contributed by atoms with van der Waals surface area (Å²) in [6, 6.07) is 16.0. The quantitative estimate of drug-likeness (QED) is 0.644. The second-order valence-corrected chi connectivity index (χ2v) is 6.57. The van der Waals surface area contributed by atoms with Gasteiger partial charge >= 0.3 is 0 Å². The van der Waals surface area contributed by atoms with Crippen LogP contribution in [0.15, 0.2) is 58.7 Å². The molecule has 3 rings (SSSR count). The molecule has 0 aromatic heterocycles. The molecule has 1 heterocycles. The van der Waals surface area contributed by atoms with Gasteiger partial charge in [0.05, 0.1) is 17.6 Å². The predicted molar refractivity (Wildman–Crippen MR) is 107 cm³/mol. The molecule has 0 radical (unpaired) electrons. The fraction of sp³-hybridized carbons (Fsp3) is 0.250. The van der Waals surface area contributed by atoms with Crippen molar-refractivity contribution in [2.75, 3.05) is 24.4 Å². The number of benzene rings is 2. The highest BCUT2D eigenvalue weighted by atomic mass is 16.2. The maximum Gasteiger partial charge on any atom is 0.240 e. The summed E-state index contributed by atoms with van der Waals surface area (Å²) in [5.74, 6) is 0.0817. The Morgan fingerprint density at radius 1 is 1.15 bits per heavy atom. The van der Waals surface area contributed by atoms with E-state index in [1.807, 2.05) is 57.4 Å². The molecule has 0 bridgehead atoms. The van der Waals surface area contributed by atoms with Gasteiger partial charge in [0.15, 0.2) is 0 Å². The highest BCUT2D eigenvalue weighted by Gasteiger charge is 2.21. The number of nitrogens with one attached hydrogen (secondary N) is 2. The first-order valence-corrected chi connectivity index (χ1v) is 8.56. The lowest BCUT2D eigenvalue weighted by atomic mass is 9.94. The Balaban J connectivity index is 1.61. The van der Waals surface area contributed by atoms with E-state index in [0.29, 0.717) is 6.42 Å². The summed E-state index contributed by atoms with van der Waals surface area (Å²) in [5, 5.41) is 8.45. The van der Waals surface area contributed by atoms with E-state index in [1.54, 1.807) is 6.21 Å². The Morgan fingerprint density at radius 3 is 2.46 bits per heavy atom. The molecule has 6 heteroatoms. The maximum absolute atomic E-state index is 11.3. The van der Waals surface area contributed by atoms with Gasteiger partial charge in [0, 0.05) is 32.1 Å². The molecule has 0 aliphatic carbocycles.